The molecule has 0 spiro atoms. The van der Waals surface area contributed by atoms with Crippen LogP contribution in [-0.2, 0) is 5.41 Å². The Morgan fingerprint density at radius 2 is 1.22 bits per heavy atom. The minimum absolute atomic E-state index is 0.123. The summed E-state index contributed by atoms with van der Waals surface area (Å²) in [5, 5.41) is 0. The molecule has 0 saturated heterocycles. The van der Waals surface area contributed by atoms with Crippen LogP contribution >= 0.6 is 0 Å². The lowest BCUT2D eigenvalue weighted by Gasteiger charge is -2.12. The topological polar surface area (TPSA) is 26.0 Å². The molecule has 0 aliphatic rings. The van der Waals surface area contributed by atoms with Gasteiger partial charge in [0.15, 0.2) is 5.76 Å². The smallest absolute Gasteiger partial charge is 0.200 e. The molecular weight excluding hydrogens is 282 g/mol. The van der Waals surface area contributed by atoms with Crippen molar-refractivity contribution in [2.45, 2.75) is 40.0 Å². The highest BCUT2D eigenvalue weighted by molar-refractivity contribution is 5.77. The molecule has 0 radical (unpaired) electrons. The Morgan fingerprint density at radius 3 is 1.70 bits per heavy atom. The second kappa shape index (κ2) is 5.69. The molecule has 0 aliphatic carbocycles. The molecule has 0 unspecified atom stereocenters. The number of benzene rings is 2. The lowest BCUT2D eigenvalue weighted by molar-refractivity contribution is 0.399. The fourth-order valence-corrected chi connectivity index (χ4v) is 2.45. The third-order valence-corrected chi connectivity index (χ3v) is 3.91. The van der Waals surface area contributed by atoms with Crippen molar-refractivity contribution in [3.05, 3.63) is 65.5 Å². The van der Waals surface area contributed by atoms with Crippen molar-refractivity contribution in [2.24, 2.45) is 0 Å². The van der Waals surface area contributed by atoms with Crippen LogP contribution < -0.4 is 0 Å². The first-order chi connectivity index (χ1) is 10.8. The number of aromatic nitrogens is 1. The second-order valence-electron chi connectivity index (χ2n) is 7.18. The zero-order valence-corrected chi connectivity index (χ0v) is 14.5. The average molecular weight is 305 g/mol. The van der Waals surface area contributed by atoms with Gasteiger partial charge in [0.2, 0.25) is 5.89 Å². The van der Waals surface area contributed by atoms with Crippen molar-refractivity contribution >= 4 is 0 Å². The lowest BCUT2D eigenvalue weighted by Crippen LogP contribution is -2.11. The number of hydrogen-bond acceptors (Lipinski definition) is 2. The van der Waals surface area contributed by atoms with Crippen LogP contribution in [-0.4, -0.2) is 4.98 Å². The third-order valence-electron chi connectivity index (χ3n) is 3.91. The molecule has 0 N–H and O–H groups in total. The van der Waals surface area contributed by atoms with Gasteiger partial charge in [-0.05, 0) is 13.8 Å². The molecular formula is C21H23NO. The van der Waals surface area contributed by atoms with E-state index in [0.29, 0.717) is 0 Å². The van der Waals surface area contributed by atoms with E-state index in [4.69, 9.17) is 9.40 Å². The number of nitrogens with zero attached hydrogens (tertiary/aromatic N) is 1. The first kappa shape index (κ1) is 15.5. The van der Waals surface area contributed by atoms with Gasteiger partial charge in [0.1, 0.15) is 5.69 Å². The second-order valence-corrected chi connectivity index (χ2v) is 7.18. The molecule has 0 amide bonds. The van der Waals surface area contributed by atoms with Gasteiger partial charge in [0, 0.05) is 16.5 Å². The Morgan fingerprint density at radius 1 is 0.739 bits per heavy atom. The van der Waals surface area contributed by atoms with Gasteiger partial charge in [-0.25, -0.2) is 4.98 Å². The van der Waals surface area contributed by atoms with Gasteiger partial charge >= 0.3 is 0 Å². The number of oxazole rings is 1. The normalized spacial score (nSPS) is 11.7. The van der Waals surface area contributed by atoms with Crippen LogP contribution in [0, 0.1) is 13.8 Å². The summed E-state index contributed by atoms with van der Waals surface area (Å²) in [6.07, 6.45) is 0. The zero-order chi connectivity index (χ0) is 16.6. The van der Waals surface area contributed by atoms with Crippen LogP contribution in [0.2, 0.25) is 0 Å². The fraction of sp³-hybridized carbons (Fsp3) is 0.286. The molecule has 3 rings (SSSR count). The molecule has 2 nitrogen and oxygen atoms in total. The zero-order valence-electron chi connectivity index (χ0n) is 14.5. The Hall–Kier alpha value is -2.35. The van der Waals surface area contributed by atoms with E-state index >= 15 is 0 Å². The summed E-state index contributed by atoms with van der Waals surface area (Å²) < 4.78 is 6.18. The molecule has 3 aromatic rings. The molecule has 23 heavy (non-hydrogen) atoms. The maximum absolute atomic E-state index is 6.18. The molecule has 0 fully saturated rings. The Kier molecular flexibility index (Phi) is 3.85. The monoisotopic (exact) mass is 305 g/mol. The van der Waals surface area contributed by atoms with Crippen molar-refractivity contribution in [1.29, 1.82) is 0 Å². The predicted molar refractivity (Wildman–Crippen MR) is 95.5 cm³/mol. The first-order valence-corrected chi connectivity index (χ1v) is 8.00. The highest BCUT2D eigenvalue weighted by Gasteiger charge is 2.25. The molecule has 2 heteroatoms. The van der Waals surface area contributed by atoms with Gasteiger partial charge in [-0.3, -0.25) is 0 Å². The summed E-state index contributed by atoms with van der Waals surface area (Å²) in [6, 6.07) is 16.8. The molecule has 0 saturated carbocycles. The maximum Gasteiger partial charge on any atom is 0.200 e. The summed E-state index contributed by atoms with van der Waals surface area (Å²) in [7, 11) is 0. The number of hydrogen-bond donors (Lipinski definition) is 0. The standard InChI is InChI=1S/C21H23NO/c1-14-6-10-16(11-7-14)18-19(17-12-8-15(2)9-13-17)23-20(22-18)21(3,4)5/h6-13H,1-5H3. The highest BCUT2D eigenvalue weighted by atomic mass is 16.4. The quantitative estimate of drug-likeness (QED) is 0.587. The summed E-state index contributed by atoms with van der Waals surface area (Å²) in [5.74, 6) is 1.61. The van der Waals surface area contributed by atoms with Crippen molar-refractivity contribution in [1.82, 2.24) is 4.98 Å². The maximum atomic E-state index is 6.18. The van der Waals surface area contributed by atoms with Crippen molar-refractivity contribution < 1.29 is 4.42 Å². The SMILES string of the molecule is Cc1ccc(-c2nc(C(C)(C)C)oc2-c2ccc(C)cc2)cc1. The third kappa shape index (κ3) is 3.21. The summed E-state index contributed by atoms with van der Waals surface area (Å²) >= 11 is 0. The Bertz CT molecular complexity index is 740. The van der Waals surface area contributed by atoms with Crippen molar-refractivity contribution in [3.8, 4) is 22.6 Å². The van der Waals surface area contributed by atoms with Gasteiger partial charge in [0.05, 0.1) is 0 Å². The summed E-state index contributed by atoms with van der Waals surface area (Å²) in [5.41, 5.74) is 5.42. The van der Waals surface area contributed by atoms with Crippen LogP contribution in [0.3, 0.4) is 0 Å². The van der Waals surface area contributed by atoms with E-state index in [1.807, 2.05) is 0 Å². The lowest BCUT2D eigenvalue weighted by atomic mass is 9.97. The molecule has 1 heterocycles. The van der Waals surface area contributed by atoms with E-state index in [2.05, 4.69) is 83.1 Å². The highest BCUT2D eigenvalue weighted by Crippen LogP contribution is 2.36. The molecule has 0 aliphatic heterocycles. The van der Waals surface area contributed by atoms with Gasteiger partial charge in [-0.15, -0.1) is 0 Å². The van der Waals surface area contributed by atoms with E-state index in [1.165, 1.54) is 11.1 Å². The van der Waals surface area contributed by atoms with Crippen LogP contribution in [0.1, 0.15) is 37.8 Å². The number of rotatable bonds is 2. The van der Waals surface area contributed by atoms with Crippen LogP contribution in [0.5, 0.6) is 0 Å². The van der Waals surface area contributed by atoms with Crippen molar-refractivity contribution in [3.63, 3.8) is 0 Å². The van der Waals surface area contributed by atoms with Gasteiger partial charge in [-0.1, -0.05) is 80.4 Å². The van der Waals surface area contributed by atoms with Crippen LogP contribution in [0.25, 0.3) is 22.6 Å². The predicted octanol–water partition coefficient (Wildman–Crippen LogP) is 5.92. The minimum atomic E-state index is -0.123. The van der Waals surface area contributed by atoms with E-state index < -0.39 is 0 Å². The first-order valence-electron chi connectivity index (χ1n) is 8.00. The van der Waals surface area contributed by atoms with E-state index in [0.717, 1.165) is 28.5 Å². The molecule has 0 bridgehead atoms. The Balaban J connectivity index is 2.18. The van der Waals surface area contributed by atoms with E-state index in [-0.39, 0.29) is 5.41 Å². The van der Waals surface area contributed by atoms with Gasteiger partial charge in [-0.2, -0.15) is 0 Å². The van der Waals surface area contributed by atoms with Gasteiger partial charge in [0.25, 0.3) is 0 Å². The molecule has 1 aromatic heterocycles. The fourth-order valence-electron chi connectivity index (χ4n) is 2.45. The largest absolute Gasteiger partial charge is 0.439 e. The summed E-state index contributed by atoms with van der Waals surface area (Å²) in [6.45, 7) is 10.5. The average Bonchev–Trinajstić information content (AvgIpc) is 2.94. The van der Waals surface area contributed by atoms with E-state index in [1.54, 1.807) is 0 Å². The van der Waals surface area contributed by atoms with Crippen molar-refractivity contribution in [2.75, 3.05) is 0 Å². The van der Waals surface area contributed by atoms with Crippen LogP contribution in [0.15, 0.2) is 52.9 Å². The number of aryl methyl sites for hydroxylation is 2. The summed E-state index contributed by atoms with van der Waals surface area (Å²) in [4.78, 5) is 4.81. The molecule has 2 aromatic carbocycles. The van der Waals surface area contributed by atoms with Gasteiger partial charge < -0.3 is 4.42 Å². The minimum Gasteiger partial charge on any atom is -0.439 e. The van der Waals surface area contributed by atoms with E-state index in [9.17, 15) is 0 Å². The molecule has 0 atom stereocenters. The Labute approximate surface area is 138 Å². The molecule has 118 valence electrons. The van der Waals surface area contributed by atoms with Crippen LogP contribution in [0.4, 0.5) is 0 Å².